The standard InChI is InChI=1S/C23H22O6/c1-23(2)10-9-16-18(29-23)8-6-15(22(16)26-4)20(25-3)12-17(24)14-5-7-19-21(11-14)28-13-27-19/h5-12H,13H2,1-4H3/b20-12-. The average molecular weight is 394 g/mol. The minimum absolute atomic E-state index is 0.158. The molecule has 2 aromatic carbocycles. The quantitative estimate of drug-likeness (QED) is 0.423. The van der Waals surface area contributed by atoms with E-state index < -0.39 is 5.60 Å². The van der Waals surface area contributed by atoms with Crippen LogP contribution in [0.4, 0.5) is 0 Å². The average Bonchev–Trinajstić information content (AvgIpc) is 3.18. The molecular weight excluding hydrogens is 372 g/mol. The monoisotopic (exact) mass is 394 g/mol. The third kappa shape index (κ3) is 3.53. The SMILES string of the molecule is CO/C(=C\C(=O)c1ccc2c(c1)OCO2)c1ccc2c(c1OC)C=CC(C)(C)O2. The molecule has 0 spiro atoms. The highest BCUT2D eigenvalue weighted by Gasteiger charge is 2.26. The van der Waals surface area contributed by atoms with Gasteiger partial charge in [0.25, 0.3) is 0 Å². The van der Waals surface area contributed by atoms with Crippen molar-refractivity contribution in [3.63, 3.8) is 0 Å². The molecule has 0 N–H and O–H groups in total. The molecule has 150 valence electrons. The molecule has 0 unspecified atom stereocenters. The van der Waals surface area contributed by atoms with E-state index in [1.54, 1.807) is 25.3 Å². The van der Waals surface area contributed by atoms with Crippen LogP contribution in [0.3, 0.4) is 0 Å². The molecule has 0 amide bonds. The minimum atomic E-state index is -0.394. The second-order valence-electron chi connectivity index (χ2n) is 7.24. The van der Waals surface area contributed by atoms with Crippen molar-refractivity contribution in [3.8, 4) is 23.0 Å². The summed E-state index contributed by atoms with van der Waals surface area (Å²) in [4.78, 5) is 12.8. The van der Waals surface area contributed by atoms with Gasteiger partial charge in [0.05, 0.1) is 25.3 Å². The van der Waals surface area contributed by atoms with Crippen molar-refractivity contribution >= 4 is 17.6 Å². The Bertz CT molecular complexity index is 1030. The first-order valence-electron chi connectivity index (χ1n) is 9.21. The maximum Gasteiger partial charge on any atom is 0.231 e. The number of carbonyl (C=O) groups excluding carboxylic acids is 1. The fourth-order valence-corrected chi connectivity index (χ4v) is 3.34. The number of carbonyl (C=O) groups is 1. The van der Waals surface area contributed by atoms with Crippen molar-refractivity contribution < 1.29 is 28.5 Å². The van der Waals surface area contributed by atoms with E-state index in [-0.39, 0.29) is 12.6 Å². The fraction of sp³-hybridized carbons (Fsp3) is 0.261. The van der Waals surface area contributed by atoms with Crippen LogP contribution in [-0.4, -0.2) is 32.4 Å². The van der Waals surface area contributed by atoms with Gasteiger partial charge in [0.15, 0.2) is 17.3 Å². The van der Waals surface area contributed by atoms with Crippen LogP contribution < -0.4 is 18.9 Å². The number of rotatable bonds is 5. The number of hydrogen-bond donors (Lipinski definition) is 0. The number of hydrogen-bond acceptors (Lipinski definition) is 6. The molecule has 2 aliphatic heterocycles. The van der Waals surface area contributed by atoms with Crippen LogP contribution in [0, 0.1) is 0 Å². The van der Waals surface area contributed by atoms with Crippen LogP contribution in [0.1, 0.15) is 35.3 Å². The van der Waals surface area contributed by atoms with Crippen molar-refractivity contribution in [1.29, 1.82) is 0 Å². The van der Waals surface area contributed by atoms with Gasteiger partial charge in [-0.2, -0.15) is 0 Å². The third-order valence-corrected chi connectivity index (χ3v) is 4.79. The summed E-state index contributed by atoms with van der Waals surface area (Å²) in [5.74, 6) is 2.66. The van der Waals surface area contributed by atoms with E-state index in [1.165, 1.54) is 13.2 Å². The molecule has 6 nitrogen and oxygen atoms in total. The van der Waals surface area contributed by atoms with E-state index in [2.05, 4.69) is 0 Å². The van der Waals surface area contributed by atoms with Gasteiger partial charge in [-0.15, -0.1) is 0 Å². The molecule has 0 atom stereocenters. The maximum atomic E-state index is 12.8. The Labute approximate surface area is 169 Å². The van der Waals surface area contributed by atoms with Gasteiger partial charge in [0.2, 0.25) is 6.79 Å². The summed E-state index contributed by atoms with van der Waals surface area (Å²) in [6, 6.07) is 8.77. The predicted molar refractivity (Wildman–Crippen MR) is 109 cm³/mol. The van der Waals surface area contributed by atoms with E-state index >= 15 is 0 Å². The number of methoxy groups -OCH3 is 2. The van der Waals surface area contributed by atoms with Crippen LogP contribution in [-0.2, 0) is 4.74 Å². The zero-order valence-corrected chi connectivity index (χ0v) is 16.8. The topological polar surface area (TPSA) is 63.2 Å². The first-order chi connectivity index (χ1) is 13.9. The van der Waals surface area contributed by atoms with Crippen LogP contribution >= 0.6 is 0 Å². The van der Waals surface area contributed by atoms with Crippen molar-refractivity contribution in [2.75, 3.05) is 21.0 Å². The molecule has 0 aromatic heterocycles. The molecule has 0 aliphatic carbocycles. The van der Waals surface area contributed by atoms with E-state index in [0.29, 0.717) is 34.1 Å². The summed E-state index contributed by atoms with van der Waals surface area (Å²) in [7, 11) is 3.10. The van der Waals surface area contributed by atoms with Crippen LogP contribution in [0.15, 0.2) is 42.5 Å². The Morgan fingerprint density at radius 2 is 1.83 bits per heavy atom. The Morgan fingerprint density at radius 3 is 2.59 bits per heavy atom. The van der Waals surface area contributed by atoms with E-state index in [4.69, 9.17) is 23.7 Å². The van der Waals surface area contributed by atoms with Crippen molar-refractivity contribution in [2.45, 2.75) is 19.4 Å². The van der Waals surface area contributed by atoms with Gasteiger partial charge in [-0.05, 0) is 56.3 Å². The maximum absolute atomic E-state index is 12.8. The number of benzene rings is 2. The molecule has 2 heterocycles. The molecule has 0 radical (unpaired) electrons. The number of ether oxygens (including phenoxy) is 5. The first-order valence-corrected chi connectivity index (χ1v) is 9.21. The molecule has 6 heteroatoms. The van der Waals surface area contributed by atoms with Gasteiger partial charge in [-0.3, -0.25) is 4.79 Å². The normalized spacial score (nSPS) is 16.1. The Balaban J connectivity index is 1.71. The minimum Gasteiger partial charge on any atom is -0.496 e. The lowest BCUT2D eigenvalue weighted by atomic mass is 9.98. The molecule has 0 bridgehead atoms. The Hall–Kier alpha value is -3.41. The molecule has 2 aromatic rings. The molecule has 0 saturated heterocycles. The third-order valence-electron chi connectivity index (χ3n) is 4.79. The number of allylic oxidation sites excluding steroid dienone is 1. The number of ketones is 1. The van der Waals surface area contributed by atoms with Crippen LogP contribution in [0.2, 0.25) is 0 Å². The highest BCUT2D eigenvalue weighted by molar-refractivity contribution is 6.08. The molecule has 0 fully saturated rings. The summed E-state index contributed by atoms with van der Waals surface area (Å²) < 4.78 is 27.8. The fourth-order valence-electron chi connectivity index (χ4n) is 3.34. The summed E-state index contributed by atoms with van der Waals surface area (Å²) in [6.45, 7) is 4.12. The van der Waals surface area contributed by atoms with Gasteiger partial charge >= 0.3 is 0 Å². The molecule has 2 aliphatic rings. The van der Waals surface area contributed by atoms with Crippen LogP contribution in [0.5, 0.6) is 23.0 Å². The van der Waals surface area contributed by atoms with Crippen molar-refractivity contribution in [3.05, 3.63) is 59.2 Å². The van der Waals surface area contributed by atoms with Gasteiger partial charge in [0.1, 0.15) is 22.9 Å². The smallest absolute Gasteiger partial charge is 0.231 e. The summed E-state index contributed by atoms with van der Waals surface area (Å²) in [5, 5.41) is 0. The highest BCUT2D eigenvalue weighted by atomic mass is 16.7. The molecule has 29 heavy (non-hydrogen) atoms. The summed E-state index contributed by atoms with van der Waals surface area (Å²) in [6.07, 6.45) is 5.38. The molecule has 0 saturated carbocycles. The number of fused-ring (bicyclic) bond motifs is 2. The second-order valence-corrected chi connectivity index (χ2v) is 7.24. The van der Waals surface area contributed by atoms with Gasteiger partial charge in [0, 0.05) is 11.6 Å². The first kappa shape index (κ1) is 18.9. The second kappa shape index (κ2) is 7.20. The molecular formula is C23H22O6. The van der Waals surface area contributed by atoms with Crippen molar-refractivity contribution in [2.24, 2.45) is 0 Å². The van der Waals surface area contributed by atoms with Gasteiger partial charge in [-0.25, -0.2) is 0 Å². The van der Waals surface area contributed by atoms with Gasteiger partial charge in [-0.1, -0.05) is 0 Å². The van der Waals surface area contributed by atoms with Crippen molar-refractivity contribution in [1.82, 2.24) is 0 Å². The van der Waals surface area contributed by atoms with Crippen LogP contribution in [0.25, 0.3) is 11.8 Å². The zero-order chi connectivity index (χ0) is 20.6. The zero-order valence-electron chi connectivity index (χ0n) is 16.8. The van der Waals surface area contributed by atoms with E-state index in [9.17, 15) is 4.79 Å². The lowest BCUT2D eigenvalue weighted by Gasteiger charge is -2.29. The largest absolute Gasteiger partial charge is 0.496 e. The predicted octanol–water partition coefficient (Wildman–Crippen LogP) is 4.48. The lowest BCUT2D eigenvalue weighted by molar-refractivity contribution is 0.104. The van der Waals surface area contributed by atoms with Gasteiger partial charge < -0.3 is 23.7 Å². The molecule has 4 rings (SSSR count). The van der Waals surface area contributed by atoms with E-state index in [0.717, 1.165) is 11.3 Å². The Morgan fingerprint density at radius 1 is 1.07 bits per heavy atom. The highest BCUT2D eigenvalue weighted by Crippen LogP contribution is 2.41. The summed E-state index contributed by atoms with van der Waals surface area (Å²) in [5.41, 5.74) is 1.55. The Kier molecular flexibility index (Phi) is 4.70. The van der Waals surface area contributed by atoms with E-state index in [1.807, 2.05) is 38.1 Å². The lowest BCUT2D eigenvalue weighted by Crippen LogP contribution is -2.27. The summed E-state index contributed by atoms with van der Waals surface area (Å²) >= 11 is 0.